The standard InChI is InChI=1S/C14H17NO4/c1-3-12(16)13(17)10-6-4-9(5-7-10)8-11(15)14(18)19-2/h4-7,11H,3,8,15H2,1-2H3/t11-/m0/s1. The topological polar surface area (TPSA) is 86.5 Å². The molecule has 2 N–H and O–H groups in total. The Kier molecular flexibility index (Phi) is 5.38. The van der Waals surface area contributed by atoms with Gasteiger partial charge < -0.3 is 10.5 Å². The molecular weight excluding hydrogens is 246 g/mol. The fraction of sp³-hybridized carbons (Fsp3) is 0.357. The first kappa shape index (κ1) is 15.0. The van der Waals surface area contributed by atoms with E-state index in [1.807, 2.05) is 0 Å². The Morgan fingerprint density at radius 2 is 1.79 bits per heavy atom. The van der Waals surface area contributed by atoms with Gasteiger partial charge in [-0.05, 0) is 12.0 Å². The quantitative estimate of drug-likeness (QED) is 0.468. The van der Waals surface area contributed by atoms with Gasteiger partial charge in [-0.15, -0.1) is 0 Å². The summed E-state index contributed by atoms with van der Waals surface area (Å²) in [4.78, 5) is 34.1. The van der Waals surface area contributed by atoms with Crippen molar-refractivity contribution in [3.05, 3.63) is 35.4 Å². The van der Waals surface area contributed by atoms with Gasteiger partial charge in [-0.2, -0.15) is 0 Å². The molecule has 0 heterocycles. The minimum absolute atomic E-state index is 0.188. The normalized spacial score (nSPS) is 11.7. The van der Waals surface area contributed by atoms with Gasteiger partial charge in [0.05, 0.1) is 7.11 Å². The highest BCUT2D eigenvalue weighted by atomic mass is 16.5. The van der Waals surface area contributed by atoms with E-state index in [4.69, 9.17) is 5.73 Å². The fourth-order valence-corrected chi connectivity index (χ4v) is 1.60. The number of rotatable bonds is 6. The molecule has 0 amide bonds. The van der Waals surface area contributed by atoms with Crippen LogP contribution in [0.5, 0.6) is 0 Å². The second kappa shape index (κ2) is 6.80. The van der Waals surface area contributed by atoms with Crippen LogP contribution in [0.3, 0.4) is 0 Å². The summed E-state index contributed by atoms with van der Waals surface area (Å²) in [5, 5.41) is 0. The van der Waals surface area contributed by atoms with Crippen LogP contribution in [-0.2, 0) is 20.7 Å². The van der Waals surface area contributed by atoms with E-state index in [0.717, 1.165) is 5.56 Å². The van der Waals surface area contributed by atoms with Crippen LogP contribution in [0.25, 0.3) is 0 Å². The number of hydrogen-bond acceptors (Lipinski definition) is 5. The van der Waals surface area contributed by atoms with E-state index in [9.17, 15) is 14.4 Å². The molecule has 0 aliphatic heterocycles. The molecule has 19 heavy (non-hydrogen) atoms. The molecule has 0 unspecified atom stereocenters. The molecule has 102 valence electrons. The number of ether oxygens (including phenoxy) is 1. The Hall–Kier alpha value is -2.01. The van der Waals surface area contributed by atoms with E-state index in [1.165, 1.54) is 7.11 Å². The van der Waals surface area contributed by atoms with Gasteiger partial charge in [0.1, 0.15) is 6.04 Å². The molecule has 0 aliphatic rings. The van der Waals surface area contributed by atoms with E-state index in [2.05, 4.69) is 4.74 Å². The first-order valence-electron chi connectivity index (χ1n) is 5.99. The third-order valence-electron chi connectivity index (χ3n) is 2.75. The van der Waals surface area contributed by atoms with Crippen molar-refractivity contribution >= 4 is 17.5 Å². The van der Waals surface area contributed by atoms with E-state index >= 15 is 0 Å². The van der Waals surface area contributed by atoms with Crippen LogP contribution in [0.15, 0.2) is 24.3 Å². The SMILES string of the molecule is CCC(=O)C(=O)c1ccc(C[C@H](N)C(=O)OC)cc1. The first-order valence-corrected chi connectivity index (χ1v) is 5.99. The van der Waals surface area contributed by atoms with Gasteiger partial charge >= 0.3 is 5.97 Å². The molecule has 5 nitrogen and oxygen atoms in total. The second-order valence-electron chi connectivity index (χ2n) is 4.14. The number of nitrogens with two attached hydrogens (primary N) is 1. The summed E-state index contributed by atoms with van der Waals surface area (Å²) in [6, 6.07) is 5.76. The average molecular weight is 263 g/mol. The van der Waals surface area contributed by atoms with Crippen molar-refractivity contribution in [3.63, 3.8) is 0 Å². The number of benzene rings is 1. The highest BCUT2D eigenvalue weighted by molar-refractivity contribution is 6.43. The monoisotopic (exact) mass is 263 g/mol. The Morgan fingerprint density at radius 1 is 1.21 bits per heavy atom. The highest BCUT2D eigenvalue weighted by Crippen LogP contribution is 2.09. The predicted octanol–water partition coefficient (Wildman–Crippen LogP) is 0.891. The van der Waals surface area contributed by atoms with Gasteiger partial charge in [0.15, 0.2) is 0 Å². The van der Waals surface area contributed by atoms with Gasteiger partial charge in [-0.25, -0.2) is 0 Å². The summed E-state index contributed by atoms with van der Waals surface area (Å²) in [6.07, 6.45) is 0.511. The molecule has 1 aromatic carbocycles. The lowest BCUT2D eigenvalue weighted by molar-refractivity contribution is -0.142. The van der Waals surface area contributed by atoms with Crippen molar-refractivity contribution < 1.29 is 19.1 Å². The molecule has 0 saturated carbocycles. The maximum atomic E-state index is 11.6. The van der Waals surface area contributed by atoms with Crippen molar-refractivity contribution in [3.8, 4) is 0 Å². The zero-order chi connectivity index (χ0) is 14.4. The average Bonchev–Trinajstić information content (AvgIpc) is 2.45. The maximum Gasteiger partial charge on any atom is 0.322 e. The van der Waals surface area contributed by atoms with Crippen LogP contribution in [0.1, 0.15) is 29.3 Å². The molecule has 1 aromatic rings. The Morgan fingerprint density at radius 3 is 2.26 bits per heavy atom. The number of carbonyl (C=O) groups is 3. The summed E-state index contributed by atoms with van der Waals surface area (Å²) in [6.45, 7) is 1.64. The van der Waals surface area contributed by atoms with Crippen molar-refractivity contribution in [2.75, 3.05) is 7.11 Å². The van der Waals surface area contributed by atoms with Crippen LogP contribution in [0.2, 0.25) is 0 Å². The summed E-state index contributed by atoms with van der Waals surface area (Å²) < 4.78 is 4.53. The molecule has 0 bridgehead atoms. The molecule has 1 atom stereocenters. The molecule has 0 aliphatic carbocycles. The van der Waals surface area contributed by atoms with Crippen LogP contribution < -0.4 is 5.73 Å². The number of Topliss-reactive ketones (excluding diaryl/α,β-unsaturated/α-hetero) is 2. The third-order valence-corrected chi connectivity index (χ3v) is 2.75. The van der Waals surface area contributed by atoms with E-state index in [1.54, 1.807) is 31.2 Å². The summed E-state index contributed by atoms with van der Waals surface area (Å²) in [7, 11) is 1.28. The van der Waals surface area contributed by atoms with Gasteiger partial charge in [0, 0.05) is 12.0 Å². The molecule has 0 fully saturated rings. The van der Waals surface area contributed by atoms with Gasteiger partial charge in [-0.1, -0.05) is 31.2 Å². The predicted molar refractivity (Wildman–Crippen MR) is 69.8 cm³/mol. The summed E-state index contributed by atoms with van der Waals surface area (Å²) in [5.41, 5.74) is 6.79. The Labute approximate surface area is 111 Å². The van der Waals surface area contributed by atoms with E-state index in [0.29, 0.717) is 12.0 Å². The molecule has 0 spiro atoms. The highest BCUT2D eigenvalue weighted by Gasteiger charge is 2.16. The zero-order valence-electron chi connectivity index (χ0n) is 11.0. The zero-order valence-corrected chi connectivity index (χ0v) is 11.0. The lowest BCUT2D eigenvalue weighted by Crippen LogP contribution is -2.33. The number of ketones is 2. The molecular formula is C14H17NO4. The van der Waals surface area contributed by atoms with Crippen molar-refractivity contribution in [1.82, 2.24) is 0 Å². The molecule has 1 rings (SSSR count). The molecule has 0 aromatic heterocycles. The first-order chi connectivity index (χ1) is 8.99. The summed E-state index contributed by atoms with van der Waals surface area (Å²) in [5.74, 6) is -1.40. The van der Waals surface area contributed by atoms with Crippen LogP contribution in [0.4, 0.5) is 0 Å². The third kappa shape index (κ3) is 3.99. The largest absolute Gasteiger partial charge is 0.468 e. The minimum atomic E-state index is -0.733. The van der Waals surface area contributed by atoms with Crippen LogP contribution >= 0.6 is 0 Å². The smallest absolute Gasteiger partial charge is 0.322 e. The van der Waals surface area contributed by atoms with Crippen molar-refractivity contribution in [1.29, 1.82) is 0 Å². The molecule has 5 heteroatoms. The minimum Gasteiger partial charge on any atom is -0.468 e. The molecule has 0 radical (unpaired) electrons. The number of hydrogen-bond donors (Lipinski definition) is 1. The van der Waals surface area contributed by atoms with E-state index in [-0.39, 0.29) is 6.42 Å². The van der Waals surface area contributed by atoms with Crippen LogP contribution in [0, 0.1) is 0 Å². The number of methoxy groups -OCH3 is 1. The molecule has 0 saturated heterocycles. The second-order valence-corrected chi connectivity index (χ2v) is 4.14. The van der Waals surface area contributed by atoms with Crippen molar-refractivity contribution in [2.45, 2.75) is 25.8 Å². The Balaban J connectivity index is 2.74. The fourth-order valence-electron chi connectivity index (χ4n) is 1.60. The number of esters is 1. The lowest BCUT2D eigenvalue weighted by atomic mass is 10.0. The van der Waals surface area contributed by atoms with Crippen molar-refractivity contribution in [2.24, 2.45) is 5.73 Å². The lowest BCUT2D eigenvalue weighted by Gasteiger charge is -2.09. The Bertz CT molecular complexity index is 479. The van der Waals surface area contributed by atoms with Crippen LogP contribution in [-0.4, -0.2) is 30.7 Å². The van der Waals surface area contributed by atoms with E-state index < -0.39 is 23.6 Å². The maximum absolute atomic E-state index is 11.6. The summed E-state index contributed by atoms with van der Waals surface area (Å²) >= 11 is 0. The number of carbonyl (C=O) groups excluding carboxylic acids is 3. The van der Waals surface area contributed by atoms with Gasteiger partial charge in [0.25, 0.3) is 0 Å². The van der Waals surface area contributed by atoms with Gasteiger partial charge in [-0.3, -0.25) is 14.4 Å². The van der Waals surface area contributed by atoms with Gasteiger partial charge in [0.2, 0.25) is 11.6 Å².